The van der Waals surface area contributed by atoms with Crippen LogP contribution in [0.2, 0.25) is 0 Å². The Morgan fingerprint density at radius 3 is 2.85 bits per heavy atom. The number of aliphatic hydroxyl groups is 2. The highest BCUT2D eigenvalue weighted by atomic mass is 16.5. The smallest absolute Gasteiger partial charge is 0.117 e. The van der Waals surface area contributed by atoms with Crippen LogP contribution in [0.15, 0.2) is 12.2 Å². The molecule has 8 fully saturated rings. The van der Waals surface area contributed by atoms with E-state index in [9.17, 15) is 10.2 Å². The monoisotopic (exact) mass is 359 g/mol. The first kappa shape index (κ1) is 16.5. The van der Waals surface area contributed by atoms with Gasteiger partial charge in [-0.3, -0.25) is 4.90 Å². The van der Waals surface area contributed by atoms with Crippen LogP contribution < -0.4 is 0 Å². The van der Waals surface area contributed by atoms with Crippen LogP contribution in [0.5, 0.6) is 0 Å². The van der Waals surface area contributed by atoms with E-state index >= 15 is 0 Å². The number of aliphatic hydroxyl groups excluding tert-OH is 2. The maximum Gasteiger partial charge on any atom is 0.117 e. The molecular weight excluding hydrogens is 326 g/mol. The summed E-state index contributed by atoms with van der Waals surface area (Å²) in [6.45, 7) is 8.80. The number of rotatable bonds is 2. The van der Waals surface area contributed by atoms with Crippen LogP contribution in [0.4, 0.5) is 0 Å². The van der Waals surface area contributed by atoms with Crippen LogP contribution in [0.25, 0.3) is 0 Å². The molecule has 2 N–H and O–H groups in total. The molecule has 0 amide bonds. The van der Waals surface area contributed by atoms with Gasteiger partial charge in [0.15, 0.2) is 0 Å². The highest BCUT2D eigenvalue weighted by Crippen LogP contribution is 2.78. The molecule has 5 aliphatic carbocycles. The lowest BCUT2D eigenvalue weighted by Gasteiger charge is -2.79. The molecule has 0 radical (unpaired) electrons. The van der Waals surface area contributed by atoms with Crippen LogP contribution in [0.1, 0.15) is 51.9 Å². The van der Waals surface area contributed by atoms with E-state index in [0.717, 1.165) is 37.4 Å². The number of hydrogen-bond donors (Lipinski definition) is 2. The molecule has 4 nitrogen and oxygen atoms in total. The molecule has 6 unspecified atom stereocenters. The molecule has 7 bridgehead atoms. The van der Waals surface area contributed by atoms with Gasteiger partial charge in [0.2, 0.25) is 0 Å². The minimum atomic E-state index is -0.373. The van der Waals surface area contributed by atoms with Gasteiger partial charge in [-0.05, 0) is 67.3 Å². The summed E-state index contributed by atoms with van der Waals surface area (Å²) >= 11 is 0. The quantitative estimate of drug-likeness (QED) is 0.744. The summed E-state index contributed by atoms with van der Waals surface area (Å²) in [5.74, 6) is 1.79. The third kappa shape index (κ3) is 1.57. The van der Waals surface area contributed by atoms with Gasteiger partial charge in [0.1, 0.15) is 6.23 Å². The lowest BCUT2D eigenvalue weighted by Crippen LogP contribution is -2.82. The van der Waals surface area contributed by atoms with E-state index in [1.807, 2.05) is 0 Å². The predicted molar refractivity (Wildman–Crippen MR) is 98.2 cm³/mol. The van der Waals surface area contributed by atoms with E-state index < -0.39 is 0 Å². The van der Waals surface area contributed by atoms with Crippen molar-refractivity contribution in [3.63, 3.8) is 0 Å². The number of fused-ring (bicyclic) bond motifs is 2. The van der Waals surface area contributed by atoms with Crippen LogP contribution in [-0.4, -0.2) is 53.2 Å². The van der Waals surface area contributed by atoms with Crippen molar-refractivity contribution in [2.45, 2.75) is 70.3 Å². The molecule has 2 spiro atoms. The normalized spacial score (nSPS) is 60.2. The summed E-state index contributed by atoms with van der Waals surface area (Å²) in [4.78, 5) is 2.47. The first-order valence-electron chi connectivity index (χ1n) is 10.8. The molecule has 0 aromatic heterocycles. The minimum absolute atomic E-state index is 0.0840. The molecule has 9 atom stereocenters. The van der Waals surface area contributed by atoms with Gasteiger partial charge in [0.25, 0.3) is 0 Å². The van der Waals surface area contributed by atoms with Crippen LogP contribution in [0, 0.1) is 34.0 Å². The van der Waals surface area contributed by atoms with Gasteiger partial charge in [0, 0.05) is 23.9 Å². The maximum absolute atomic E-state index is 11.3. The summed E-state index contributed by atoms with van der Waals surface area (Å²) < 4.78 is 6.86. The lowest BCUT2D eigenvalue weighted by molar-refractivity contribution is -0.405. The molecule has 26 heavy (non-hydrogen) atoms. The van der Waals surface area contributed by atoms with Crippen molar-refractivity contribution in [1.82, 2.24) is 4.90 Å². The van der Waals surface area contributed by atoms with Crippen LogP contribution >= 0.6 is 0 Å². The van der Waals surface area contributed by atoms with E-state index in [1.165, 1.54) is 32.1 Å². The Bertz CT molecular complexity index is 666. The Morgan fingerprint density at radius 2 is 2.04 bits per heavy atom. The number of β-amino-alcohol motifs (C(OH)–C–C–N with tert-alkyl or cyclic N) is 1. The van der Waals surface area contributed by atoms with E-state index in [-0.39, 0.29) is 35.9 Å². The number of likely N-dealkylation sites (tertiary alicyclic amines) is 1. The van der Waals surface area contributed by atoms with Gasteiger partial charge in [-0.1, -0.05) is 19.9 Å². The van der Waals surface area contributed by atoms with Gasteiger partial charge in [-0.25, -0.2) is 0 Å². The van der Waals surface area contributed by atoms with E-state index in [1.54, 1.807) is 0 Å². The Morgan fingerprint density at radius 1 is 1.19 bits per heavy atom. The molecule has 0 aromatic rings. The van der Waals surface area contributed by atoms with Crippen LogP contribution in [0.3, 0.4) is 0 Å². The number of piperidine rings is 1. The van der Waals surface area contributed by atoms with Crippen molar-refractivity contribution < 1.29 is 14.9 Å². The number of ether oxygens (including phenoxy) is 1. The summed E-state index contributed by atoms with van der Waals surface area (Å²) in [5, 5.41) is 21.0. The van der Waals surface area contributed by atoms with Crippen molar-refractivity contribution in [3.8, 4) is 0 Å². The molecule has 4 heteroatoms. The maximum atomic E-state index is 11.3. The third-order valence-electron chi connectivity index (χ3n) is 10.1. The largest absolute Gasteiger partial charge is 0.395 e. The van der Waals surface area contributed by atoms with E-state index in [0.29, 0.717) is 17.3 Å². The molecule has 8 aliphatic rings. The van der Waals surface area contributed by atoms with E-state index in [2.05, 4.69) is 18.4 Å². The van der Waals surface area contributed by atoms with Gasteiger partial charge in [-0.15, -0.1) is 0 Å². The topological polar surface area (TPSA) is 52.9 Å². The molecule has 5 saturated carbocycles. The van der Waals surface area contributed by atoms with Gasteiger partial charge in [0.05, 0.1) is 18.8 Å². The highest BCUT2D eigenvalue weighted by Gasteiger charge is 2.78. The first-order chi connectivity index (χ1) is 12.5. The fourth-order valence-electron chi connectivity index (χ4n) is 9.30. The van der Waals surface area contributed by atoms with Gasteiger partial charge >= 0.3 is 0 Å². The van der Waals surface area contributed by atoms with Crippen molar-refractivity contribution in [1.29, 1.82) is 0 Å². The SMILES string of the molecule is C=C1C2CCC3(C4CC5C6(CCC[C@@]5(C)CN(CCO)[C@H]6O4)C3C2)[C@@H]1O. The average Bonchev–Trinajstić information content (AvgIpc) is 2.63. The molecule has 3 heterocycles. The zero-order chi connectivity index (χ0) is 17.9. The highest BCUT2D eigenvalue weighted by molar-refractivity contribution is 5.32. The summed E-state index contributed by atoms with van der Waals surface area (Å²) in [5.41, 5.74) is 1.53. The Hall–Kier alpha value is -0.420. The second-order valence-electron chi connectivity index (χ2n) is 10.7. The van der Waals surface area contributed by atoms with Crippen molar-refractivity contribution in [2.24, 2.45) is 34.0 Å². The zero-order valence-corrected chi connectivity index (χ0v) is 16.0. The lowest BCUT2D eigenvalue weighted by atomic mass is 9.32. The third-order valence-corrected chi connectivity index (χ3v) is 10.1. The Kier molecular flexibility index (Phi) is 3.14. The van der Waals surface area contributed by atoms with Crippen LogP contribution in [-0.2, 0) is 4.74 Å². The molecular formula is C22H33NO3. The van der Waals surface area contributed by atoms with Gasteiger partial charge in [-0.2, -0.15) is 0 Å². The predicted octanol–water partition coefficient (Wildman–Crippen LogP) is 2.55. The van der Waals surface area contributed by atoms with Crippen molar-refractivity contribution in [3.05, 3.63) is 12.2 Å². The average molecular weight is 360 g/mol. The minimum Gasteiger partial charge on any atom is -0.395 e. The standard InChI is InChI=1S/C22H33NO3/c1-13-14-4-7-22(18(13)25)16(10-14)21-6-3-5-20(2)12-23(8-9-24)19(21)26-17(22)11-15(20)21/h14-19,24-25H,1,3-12H2,2H3/t14?,15?,16?,17?,18-,19+,20+,21?,22?/m1/s1. The molecule has 3 aliphatic heterocycles. The molecule has 0 aromatic carbocycles. The zero-order valence-electron chi connectivity index (χ0n) is 16.0. The van der Waals surface area contributed by atoms with Crippen molar-refractivity contribution in [2.75, 3.05) is 19.7 Å². The van der Waals surface area contributed by atoms with Crippen molar-refractivity contribution >= 4 is 0 Å². The number of nitrogens with zero attached hydrogens (tertiary/aromatic N) is 1. The fraction of sp³-hybridized carbons (Fsp3) is 0.909. The Balaban J connectivity index is 1.53. The first-order valence-corrected chi connectivity index (χ1v) is 10.8. The summed E-state index contributed by atoms with van der Waals surface area (Å²) in [7, 11) is 0. The Labute approximate surface area is 156 Å². The second kappa shape index (κ2) is 4.94. The van der Waals surface area contributed by atoms with E-state index in [4.69, 9.17) is 4.74 Å². The molecule has 8 rings (SSSR count). The summed E-state index contributed by atoms with van der Waals surface area (Å²) in [6, 6.07) is 0. The second-order valence-corrected chi connectivity index (χ2v) is 10.7. The summed E-state index contributed by atoms with van der Waals surface area (Å²) in [6.07, 6.45) is 8.43. The molecule has 144 valence electrons. The molecule has 3 saturated heterocycles. The van der Waals surface area contributed by atoms with Gasteiger partial charge < -0.3 is 14.9 Å². The fourth-order valence-corrected chi connectivity index (χ4v) is 9.30. The number of hydrogen-bond acceptors (Lipinski definition) is 4.